The molecule has 0 aliphatic rings. The Balaban J connectivity index is 3.54. The van der Waals surface area contributed by atoms with Gasteiger partial charge in [-0.1, -0.05) is 6.92 Å². The van der Waals surface area contributed by atoms with Gasteiger partial charge in [0.25, 0.3) is 0 Å². The lowest BCUT2D eigenvalue weighted by molar-refractivity contribution is -0.121. The van der Waals surface area contributed by atoms with E-state index in [-0.39, 0.29) is 18.6 Å². The average Bonchev–Trinajstić information content (AvgIpc) is 2.01. The standard InChI is InChI=1S/C7H16N2O2/c1-2-6(5-10)9-7(11)3-4-8/h6,10H,2-5,8H2,1H3,(H,9,11). The number of hydrogen-bond donors (Lipinski definition) is 3. The number of carbonyl (C=O) groups excluding carboxylic acids is 1. The van der Waals surface area contributed by atoms with Gasteiger partial charge < -0.3 is 16.2 Å². The molecule has 0 aromatic carbocycles. The molecule has 4 N–H and O–H groups in total. The van der Waals surface area contributed by atoms with Crippen LogP contribution in [0.1, 0.15) is 19.8 Å². The maximum Gasteiger partial charge on any atom is 0.221 e. The van der Waals surface area contributed by atoms with E-state index in [1.807, 2.05) is 6.92 Å². The van der Waals surface area contributed by atoms with Gasteiger partial charge in [0.05, 0.1) is 12.6 Å². The molecule has 0 radical (unpaired) electrons. The van der Waals surface area contributed by atoms with E-state index in [4.69, 9.17) is 10.8 Å². The van der Waals surface area contributed by atoms with Crippen LogP contribution in [0.25, 0.3) is 0 Å². The normalized spacial score (nSPS) is 12.6. The lowest BCUT2D eigenvalue weighted by Gasteiger charge is -2.12. The number of carbonyl (C=O) groups is 1. The van der Waals surface area contributed by atoms with E-state index in [9.17, 15) is 4.79 Å². The smallest absolute Gasteiger partial charge is 0.221 e. The third-order valence-corrected chi connectivity index (χ3v) is 1.45. The van der Waals surface area contributed by atoms with Crippen molar-refractivity contribution in [3.8, 4) is 0 Å². The number of rotatable bonds is 5. The Labute approximate surface area is 66.8 Å². The van der Waals surface area contributed by atoms with Crippen molar-refractivity contribution in [2.24, 2.45) is 5.73 Å². The summed E-state index contributed by atoms with van der Waals surface area (Å²) in [5, 5.41) is 11.3. The van der Waals surface area contributed by atoms with E-state index in [2.05, 4.69) is 5.32 Å². The van der Waals surface area contributed by atoms with Crippen LogP contribution in [0.3, 0.4) is 0 Å². The second-order valence-corrected chi connectivity index (χ2v) is 2.39. The molecule has 4 nitrogen and oxygen atoms in total. The van der Waals surface area contributed by atoms with Crippen molar-refractivity contribution in [2.75, 3.05) is 13.2 Å². The molecule has 66 valence electrons. The van der Waals surface area contributed by atoms with E-state index < -0.39 is 0 Å². The minimum Gasteiger partial charge on any atom is -0.394 e. The summed E-state index contributed by atoms with van der Waals surface area (Å²) < 4.78 is 0. The molecule has 0 bridgehead atoms. The van der Waals surface area contributed by atoms with E-state index in [1.165, 1.54) is 0 Å². The Morgan fingerprint density at radius 1 is 1.73 bits per heavy atom. The fraction of sp³-hybridized carbons (Fsp3) is 0.857. The van der Waals surface area contributed by atoms with Crippen LogP contribution in [-0.4, -0.2) is 30.2 Å². The maximum atomic E-state index is 10.9. The van der Waals surface area contributed by atoms with Crippen molar-refractivity contribution >= 4 is 5.91 Å². The molecule has 0 rings (SSSR count). The summed E-state index contributed by atoms with van der Waals surface area (Å²) in [6.07, 6.45) is 1.07. The SMILES string of the molecule is CCC(CO)NC(=O)CCN. The molecule has 0 aromatic rings. The highest BCUT2D eigenvalue weighted by Gasteiger charge is 2.06. The lowest BCUT2D eigenvalue weighted by atomic mass is 10.2. The summed E-state index contributed by atoms with van der Waals surface area (Å²) in [5.74, 6) is -0.0894. The number of amides is 1. The number of hydrogen-bond acceptors (Lipinski definition) is 3. The minimum absolute atomic E-state index is 0.00713. The molecule has 4 heteroatoms. The fourth-order valence-electron chi connectivity index (χ4n) is 0.708. The first-order chi connectivity index (χ1) is 5.24. The molecule has 0 saturated heterocycles. The minimum atomic E-state index is -0.117. The molecule has 0 heterocycles. The van der Waals surface area contributed by atoms with Gasteiger partial charge in [0, 0.05) is 13.0 Å². The van der Waals surface area contributed by atoms with E-state index in [0.29, 0.717) is 13.0 Å². The van der Waals surface area contributed by atoms with Crippen LogP contribution in [-0.2, 0) is 4.79 Å². The van der Waals surface area contributed by atoms with Crippen molar-refractivity contribution in [3.05, 3.63) is 0 Å². The van der Waals surface area contributed by atoms with Gasteiger partial charge in [0.1, 0.15) is 0 Å². The summed E-state index contributed by atoms with van der Waals surface area (Å²) in [4.78, 5) is 10.9. The number of aliphatic hydroxyl groups is 1. The van der Waals surface area contributed by atoms with Gasteiger partial charge in [-0.05, 0) is 6.42 Å². The highest BCUT2D eigenvalue weighted by Crippen LogP contribution is 1.89. The van der Waals surface area contributed by atoms with Crippen LogP contribution in [0.15, 0.2) is 0 Å². The quantitative estimate of drug-likeness (QED) is 0.494. The first-order valence-corrected chi connectivity index (χ1v) is 3.84. The van der Waals surface area contributed by atoms with Gasteiger partial charge in [-0.15, -0.1) is 0 Å². The monoisotopic (exact) mass is 160 g/mol. The predicted molar refractivity (Wildman–Crippen MR) is 43.0 cm³/mol. The second kappa shape index (κ2) is 6.12. The van der Waals surface area contributed by atoms with Crippen LogP contribution in [0.4, 0.5) is 0 Å². The van der Waals surface area contributed by atoms with Gasteiger partial charge in [-0.25, -0.2) is 0 Å². The molecule has 1 amide bonds. The zero-order chi connectivity index (χ0) is 8.69. The topological polar surface area (TPSA) is 75.3 Å². The molecule has 11 heavy (non-hydrogen) atoms. The lowest BCUT2D eigenvalue weighted by Crippen LogP contribution is -2.37. The predicted octanol–water partition coefficient (Wildman–Crippen LogP) is -0.778. The van der Waals surface area contributed by atoms with E-state index >= 15 is 0 Å². The first-order valence-electron chi connectivity index (χ1n) is 3.84. The van der Waals surface area contributed by atoms with Crippen molar-refractivity contribution in [2.45, 2.75) is 25.8 Å². The van der Waals surface area contributed by atoms with E-state index in [1.54, 1.807) is 0 Å². The van der Waals surface area contributed by atoms with Gasteiger partial charge >= 0.3 is 0 Å². The Kier molecular flexibility index (Phi) is 5.78. The molecule has 0 fully saturated rings. The van der Waals surface area contributed by atoms with Crippen molar-refractivity contribution in [3.63, 3.8) is 0 Å². The zero-order valence-electron chi connectivity index (χ0n) is 6.84. The highest BCUT2D eigenvalue weighted by atomic mass is 16.3. The first kappa shape index (κ1) is 10.4. The summed E-state index contributed by atoms with van der Waals surface area (Å²) in [5.41, 5.74) is 5.16. The third-order valence-electron chi connectivity index (χ3n) is 1.45. The maximum absolute atomic E-state index is 10.9. The molecule has 0 aliphatic heterocycles. The van der Waals surface area contributed by atoms with Crippen molar-refractivity contribution in [1.29, 1.82) is 0 Å². The van der Waals surface area contributed by atoms with Crippen LogP contribution < -0.4 is 11.1 Å². The Hall–Kier alpha value is -0.610. The average molecular weight is 160 g/mol. The molecule has 0 aliphatic carbocycles. The van der Waals surface area contributed by atoms with Gasteiger partial charge in [-0.2, -0.15) is 0 Å². The van der Waals surface area contributed by atoms with Gasteiger partial charge in [0.2, 0.25) is 5.91 Å². The molecule has 1 unspecified atom stereocenters. The molecule has 0 aromatic heterocycles. The van der Waals surface area contributed by atoms with E-state index in [0.717, 1.165) is 6.42 Å². The van der Waals surface area contributed by atoms with Crippen LogP contribution in [0, 0.1) is 0 Å². The Morgan fingerprint density at radius 3 is 2.73 bits per heavy atom. The molecular formula is C7H16N2O2. The summed E-state index contributed by atoms with van der Waals surface area (Å²) in [6.45, 7) is 2.25. The Bertz CT molecular complexity index is 113. The molecular weight excluding hydrogens is 144 g/mol. The summed E-state index contributed by atoms with van der Waals surface area (Å²) >= 11 is 0. The zero-order valence-corrected chi connectivity index (χ0v) is 6.84. The number of nitrogens with two attached hydrogens (primary N) is 1. The van der Waals surface area contributed by atoms with Gasteiger partial charge in [0.15, 0.2) is 0 Å². The van der Waals surface area contributed by atoms with Gasteiger partial charge in [-0.3, -0.25) is 4.79 Å². The number of nitrogens with one attached hydrogen (secondary N) is 1. The molecule has 0 spiro atoms. The summed E-state index contributed by atoms with van der Waals surface area (Å²) in [7, 11) is 0. The number of aliphatic hydroxyl groups excluding tert-OH is 1. The van der Waals surface area contributed by atoms with Crippen molar-refractivity contribution in [1.82, 2.24) is 5.32 Å². The highest BCUT2D eigenvalue weighted by molar-refractivity contribution is 5.76. The van der Waals surface area contributed by atoms with Crippen LogP contribution in [0.5, 0.6) is 0 Å². The molecule has 0 saturated carbocycles. The van der Waals surface area contributed by atoms with Crippen LogP contribution in [0.2, 0.25) is 0 Å². The Morgan fingerprint density at radius 2 is 2.36 bits per heavy atom. The van der Waals surface area contributed by atoms with Crippen LogP contribution >= 0.6 is 0 Å². The summed E-state index contributed by atoms with van der Waals surface area (Å²) in [6, 6.07) is -0.117. The largest absolute Gasteiger partial charge is 0.394 e. The van der Waals surface area contributed by atoms with Crippen molar-refractivity contribution < 1.29 is 9.90 Å². The fourth-order valence-corrected chi connectivity index (χ4v) is 0.708. The second-order valence-electron chi connectivity index (χ2n) is 2.39. The molecule has 1 atom stereocenters. The third kappa shape index (κ3) is 4.75.